The van der Waals surface area contributed by atoms with Crippen molar-refractivity contribution in [3.05, 3.63) is 0 Å². The predicted octanol–water partition coefficient (Wildman–Crippen LogP) is 1.93. The molecule has 0 bridgehead atoms. The molecule has 1 unspecified atom stereocenters. The van der Waals surface area contributed by atoms with E-state index >= 15 is 0 Å². The minimum Gasteiger partial charge on any atom is -0.381 e. The highest BCUT2D eigenvalue weighted by atomic mass is 127. The SMILES string of the molecule is CN=C(NCCCOCC(C)C)NCC1CCCN1C.I. The highest BCUT2D eigenvalue weighted by Crippen LogP contribution is 2.13. The van der Waals surface area contributed by atoms with Crippen LogP contribution in [0.1, 0.15) is 33.1 Å². The summed E-state index contributed by atoms with van der Waals surface area (Å²) in [6.07, 6.45) is 3.60. The molecule has 0 aliphatic carbocycles. The molecule has 1 aliphatic heterocycles. The summed E-state index contributed by atoms with van der Waals surface area (Å²) < 4.78 is 5.56. The summed E-state index contributed by atoms with van der Waals surface area (Å²) in [6, 6.07) is 0.642. The first kappa shape index (κ1) is 20.9. The van der Waals surface area contributed by atoms with Crippen LogP contribution in [0.5, 0.6) is 0 Å². The molecule has 5 nitrogen and oxygen atoms in total. The van der Waals surface area contributed by atoms with Crippen LogP contribution in [0, 0.1) is 5.92 Å². The second kappa shape index (κ2) is 12.5. The molecule has 0 saturated carbocycles. The molecule has 0 aromatic heterocycles. The Kier molecular flexibility index (Phi) is 12.4. The van der Waals surface area contributed by atoms with Crippen LogP contribution in [-0.2, 0) is 4.74 Å². The zero-order valence-electron chi connectivity index (χ0n) is 14.0. The van der Waals surface area contributed by atoms with E-state index in [1.165, 1.54) is 19.4 Å². The first-order valence-corrected chi connectivity index (χ1v) is 7.86. The van der Waals surface area contributed by atoms with Gasteiger partial charge in [0.1, 0.15) is 0 Å². The minimum absolute atomic E-state index is 0. The molecule has 6 heteroatoms. The predicted molar refractivity (Wildman–Crippen MR) is 101 cm³/mol. The largest absolute Gasteiger partial charge is 0.381 e. The molecule has 2 N–H and O–H groups in total. The average Bonchev–Trinajstić information content (AvgIpc) is 2.82. The lowest BCUT2D eigenvalue weighted by Gasteiger charge is -2.21. The van der Waals surface area contributed by atoms with Crippen LogP contribution in [0.4, 0.5) is 0 Å². The fourth-order valence-electron chi connectivity index (χ4n) is 2.37. The first-order valence-electron chi connectivity index (χ1n) is 7.86. The smallest absolute Gasteiger partial charge is 0.191 e. The number of ether oxygens (including phenoxy) is 1. The van der Waals surface area contributed by atoms with E-state index in [-0.39, 0.29) is 24.0 Å². The van der Waals surface area contributed by atoms with Crippen LogP contribution in [0.3, 0.4) is 0 Å². The van der Waals surface area contributed by atoms with Crippen molar-refractivity contribution in [1.82, 2.24) is 15.5 Å². The van der Waals surface area contributed by atoms with Gasteiger partial charge in [-0.05, 0) is 38.8 Å². The summed E-state index contributed by atoms with van der Waals surface area (Å²) in [5.74, 6) is 1.51. The maximum absolute atomic E-state index is 5.56. The summed E-state index contributed by atoms with van der Waals surface area (Å²) in [5, 5.41) is 6.74. The van der Waals surface area contributed by atoms with E-state index in [0.29, 0.717) is 12.0 Å². The van der Waals surface area contributed by atoms with Gasteiger partial charge in [-0.25, -0.2) is 0 Å². The van der Waals surface area contributed by atoms with Crippen LogP contribution in [-0.4, -0.2) is 63.8 Å². The Bertz CT molecular complexity index is 287. The molecule has 1 aliphatic rings. The topological polar surface area (TPSA) is 48.9 Å². The van der Waals surface area contributed by atoms with Crippen LogP contribution in [0.15, 0.2) is 4.99 Å². The number of hydrogen-bond donors (Lipinski definition) is 2. The summed E-state index contributed by atoms with van der Waals surface area (Å²) in [4.78, 5) is 6.67. The number of nitrogens with one attached hydrogen (secondary N) is 2. The third-order valence-electron chi connectivity index (χ3n) is 3.61. The number of nitrogens with zero attached hydrogens (tertiary/aromatic N) is 2. The summed E-state index contributed by atoms with van der Waals surface area (Å²) >= 11 is 0. The molecule has 0 radical (unpaired) electrons. The number of guanidine groups is 1. The van der Waals surface area contributed by atoms with Gasteiger partial charge in [-0.2, -0.15) is 0 Å². The third-order valence-corrected chi connectivity index (χ3v) is 3.61. The Morgan fingerprint density at radius 3 is 2.71 bits per heavy atom. The maximum Gasteiger partial charge on any atom is 0.191 e. The molecule has 1 heterocycles. The molecule has 0 spiro atoms. The van der Waals surface area contributed by atoms with Gasteiger partial charge in [0, 0.05) is 39.4 Å². The van der Waals surface area contributed by atoms with Crippen molar-refractivity contribution < 1.29 is 4.74 Å². The number of rotatable bonds is 8. The van der Waals surface area contributed by atoms with Crippen LogP contribution in [0.25, 0.3) is 0 Å². The van der Waals surface area contributed by atoms with Gasteiger partial charge in [0.05, 0.1) is 0 Å². The lowest BCUT2D eigenvalue weighted by Crippen LogP contribution is -2.44. The molecule has 126 valence electrons. The number of aliphatic imine (C=N–C) groups is 1. The number of likely N-dealkylation sites (tertiary alicyclic amines) is 1. The Hall–Kier alpha value is -0.0800. The quantitative estimate of drug-likeness (QED) is 0.277. The van der Waals surface area contributed by atoms with Gasteiger partial charge >= 0.3 is 0 Å². The standard InChI is InChI=1S/C15H32N4O.HI/c1-13(2)12-20-10-6-8-17-15(16-3)18-11-14-7-5-9-19(14)4;/h13-14H,5-12H2,1-4H3,(H2,16,17,18);1H. The average molecular weight is 412 g/mol. The number of halogens is 1. The zero-order chi connectivity index (χ0) is 14.8. The van der Waals surface area contributed by atoms with Crippen LogP contribution >= 0.6 is 24.0 Å². The number of hydrogen-bond acceptors (Lipinski definition) is 3. The number of likely N-dealkylation sites (N-methyl/N-ethyl adjacent to an activating group) is 1. The fourth-order valence-corrected chi connectivity index (χ4v) is 2.37. The van der Waals surface area contributed by atoms with E-state index in [9.17, 15) is 0 Å². The van der Waals surface area contributed by atoms with Crippen molar-refractivity contribution in [1.29, 1.82) is 0 Å². The van der Waals surface area contributed by atoms with Gasteiger partial charge in [0.15, 0.2) is 5.96 Å². The van der Waals surface area contributed by atoms with Crippen molar-refractivity contribution in [2.24, 2.45) is 10.9 Å². The molecule has 1 fully saturated rings. The van der Waals surface area contributed by atoms with Crippen molar-refractivity contribution in [3.63, 3.8) is 0 Å². The van der Waals surface area contributed by atoms with E-state index < -0.39 is 0 Å². The van der Waals surface area contributed by atoms with E-state index in [0.717, 1.165) is 38.7 Å². The molecular formula is C15H33IN4O. The van der Waals surface area contributed by atoms with Crippen molar-refractivity contribution >= 4 is 29.9 Å². The van der Waals surface area contributed by atoms with E-state index in [1.807, 2.05) is 7.05 Å². The van der Waals surface area contributed by atoms with E-state index in [2.05, 4.69) is 41.4 Å². The monoisotopic (exact) mass is 412 g/mol. The molecule has 0 aromatic rings. The fraction of sp³-hybridized carbons (Fsp3) is 0.933. The van der Waals surface area contributed by atoms with Gasteiger partial charge in [-0.3, -0.25) is 4.99 Å². The van der Waals surface area contributed by atoms with Crippen molar-refractivity contribution in [2.45, 2.75) is 39.2 Å². The molecular weight excluding hydrogens is 379 g/mol. The van der Waals surface area contributed by atoms with Crippen molar-refractivity contribution in [2.75, 3.05) is 46.9 Å². The summed E-state index contributed by atoms with van der Waals surface area (Å²) in [7, 11) is 4.02. The highest BCUT2D eigenvalue weighted by molar-refractivity contribution is 14.0. The van der Waals surface area contributed by atoms with Gasteiger partial charge in [0.25, 0.3) is 0 Å². The van der Waals surface area contributed by atoms with E-state index in [4.69, 9.17) is 4.74 Å². The Morgan fingerprint density at radius 1 is 1.38 bits per heavy atom. The minimum atomic E-state index is 0. The second-order valence-electron chi connectivity index (χ2n) is 5.98. The first-order chi connectivity index (χ1) is 9.63. The van der Waals surface area contributed by atoms with Crippen molar-refractivity contribution in [3.8, 4) is 0 Å². The third kappa shape index (κ3) is 9.52. The lowest BCUT2D eigenvalue weighted by atomic mass is 10.2. The second-order valence-corrected chi connectivity index (χ2v) is 5.98. The van der Waals surface area contributed by atoms with Gasteiger partial charge in [0.2, 0.25) is 0 Å². The Morgan fingerprint density at radius 2 is 2.14 bits per heavy atom. The molecule has 1 saturated heterocycles. The summed E-state index contributed by atoms with van der Waals surface area (Å²) in [5.41, 5.74) is 0. The Balaban J connectivity index is 0.00000400. The molecule has 0 amide bonds. The molecule has 1 rings (SSSR count). The normalized spacial score (nSPS) is 19.7. The van der Waals surface area contributed by atoms with Gasteiger partial charge in [-0.15, -0.1) is 24.0 Å². The summed E-state index contributed by atoms with van der Waals surface area (Å²) in [6.45, 7) is 9.09. The van der Waals surface area contributed by atoms with Crippen LogP contribution < -0.4 is 10.6 Å². The zero-order valence-corrected chi connectivity index (χ0v) is 16.4. The molecule has 0 aromatic carbocycles. The Labute approximate surface area is 147 Å². The van der Waals surface area contributed by atoms with E-state index in [1.54, 1.807) is 0 Å². The molecule has 1 atom stereocenters. The van der Waals surface area contributed by atoms with Gasteiger partial charge in [-0.1, -0.05) is 13.8 Å². The highest BCUT2D eigenvalue weighted by Gasteiger charge is 2.20. The van der Waals surface area contributed by atoms with Crippen LogP contribution in [0.2, 0.25) is 0 Å². The maximum atomic E-state index is 5.56. The lowest BCUT2D eigenvalue weighted by molar-refractivity contribution is 0.108. The van der Waals surface area contributed by atoms with Gasteiger partial charge < -0.3 is 20.3 Å². The molecule has 21 heavy (non-hydrogen) atoms.